The van der Waals surface area contributed by atoms with Crippen molar-refractivity contribution in [2.24, 2.45) is 5.92 Å². The van der Waals surface area contributed by atoms with Gasteiger partial charge in [0.05, 0.1) is 13.2 Å². The maximum Gasteiger partial charge on any atom is 0.216 e. The topological polar surface area (TPSA) is 57.6 Å². The Kier molecular flexibility index (Phi) is 6.49. The minimum atomic E-state index is -3.03. The van der Waals surface area contributed by atoms with Crippen LogP contribution in [-0.2, 0) is 14.5 Å². The molecule has 20 heavy (non-hydrogen) atoms. The summed E-state index contributed by atoms with van der Waals surface area (Å²) in [4.78, 5) is 11.1. The smallest absolute Gasteiger partial charge is 0.216 e. The second-order valence-electron chi connectivity index (χ2n) is 5.01. The van der Waals surface area contributed by atoms with Crippen LogP contribution in [0.5, 0.6) is 0 Å². The van der Waals surface area contributed by atoms with E-state index in [1.165, 1.54) is 4.31 Å². The number of hydrogen-bond donors (Lipinski definition) is 1. The van der Waals surface area contributed by atoms with Crippen molar-refractivity contribution in [2.75, 3.05) is 13.2 Å². The van der Waals surface area contributed by atoms with Crippen LogP contribution in [0, 0.1) is 5.92 Å². The summed E-state index contributed by atoms with van der Waals surface area (Å²) in [5, 5.41) is 9.19. The molecule has 5 heteroatoms. The maximum absolute atomic E-state index is 12.3. The monoisotopic (exact) mass is 299 g/mol. The largest absolute Gasteiger partial charge is 0.394 e. The molecule has 1 fully saturated rings. The van der Waals surface area contributed by atoms with Crippen LogP contribution in [0.15, 0.2) is 23.4 Å². The minimum absolute atomic E-state index is 0.150. The molecule has 1 rings (SSSR count). The van der Waals surface area contributed by atoms with E-state index in [0.29, 0.717) is 11.5 Å². The van der Waals surface area contributed by atoms with Crippen molar-refractivity contribution in [1.29, 1.82) is 0 Å². The second-order valence-corrected chi connectivity index (χ2v) is 7.02. The van der Waals surface area contributed by atoms with Gasteiger partial charge in [-0.2, -0.15) is 0 Å². The molecule has 0 aliphatic heterocycles. The van der Waals surface area contributed by atoms with Crippen molar-refractivity contribution in [3.05, 3.63) is 23.4 Å². The fraction of sp³-hybridized carbons (Fsp3) is 0.600. The Morgan fingerprint density at radius 3 is 2.55 bits per heavy atom. The van der Waals surface area contributed by atoms with E-state index >= 15 is 0 Å². The lowest BCUT2D eigenvalue weighted by Gasteiger charge is -2.28. The molecule has 0 saturated heterocycles. The van der Waals surface area contributed by atoms with E-state index in [2.05, 4.69) is 18.9 Å². The van der Waals surface area contributed by atoms with Crippen molar-refractivity contribution in [1.82, 2.24) is 4.31 Å². The van der Waals surface area contributed by atoms with Gasteiger partial charge < -0.3 is 5.11 Å². The molecule has 0 heterocycles. The SMILES string of the molecule is C=S(=O)(C=O)N(CCO)C(=CC)C(=CCCC)C1CC1. The van der Waals surface area contributed by atoms with Gasteiger partial charge in [-0.3, -0.25) is 9.10 Å². The molecule has 0 aromatic heterocycles. The molecule has 0 bridgehead atoms. The lowest BCUT2D eigenvalue weighted by atomic mass is 10.0. The minimum Gasteiger partial charge on any atom is -0.394 e. The van der Waals surface area contributed by atoms with Gasteiger partial charge in [-0.15, -0.1) is 0 Å². The highest BCUT2D eigenvalue weighted by Gasteiger charge is 2.31. The van der Waals surface area contributed by atoms with Crippen molar-refractivity contribution in [3.63, 3.8) is 0 Å². The summed E-state index contributed by atoms with van der Waals surface area (Å²) in [6.07, 6.45) is 8.27. The standard InChI is InChI=1S/C15H25NO3S/c1-4-6-7-14(13-8-9-13)15(5-2)16(10-11-17)20(3,19)12-18/h5,7,12-13,17H,3-4,6,8-11H2,1-2H3. The summed E-state index contributed by atoms with van der Waals surface area (Å²) in [7, 11) is -3.03. The Labute approximate surface area is 122 Å². The first-order chi connectivity index (χ1) is 9.51. The number of unbranched alkanes of at least 4 members (excludes halogenated alkanes) is 1. The number of aliphatic hydroxyl groups is 1. The molecule has 0 aromatic rings. The Morgan fingerprint density at radius 1 is 1.50 bits per heavy atom. The molecule has 0 spiro atoms. The zero-order valence-corrected chi connectivity index (χ0v) is 13.2. The number of aliphatic hydroxyl groups excluding tert-OH is 1. The third kappa shape index (κ3) is 4.21. The molecule has 1 aliphatic carbocycles. The van der Waals surface area contributed by atoms with Crippen LogP contribution in [0.2, 0.25) is 0 Å². The Hall–Kier alpha value is -1.07. The van der Waals surface area contributed by atoms with E-state index in [1.54, 1.807) is 0 Å². The normalized spacial score (nSPS) is 19.6. The van der Waals surface area contributed by atoms with Gasteiger partial charge in [0.25, 0.3) is 0 Å². The molecule has 1 atom stereocenters. The molecule has 0 aromatic carbocycles. The zero-order valence-electron chi connectivity index (χ0n) is 12.4. The van der Waals surface area contributed by atoms with Gasteiger partial charge in [-0.05, 0) is 43.5 Å². The van der Waals surface area contributed by atoms with Gasteiger partial charge in [0.2, 0.25) is 5.62 Å². The maximum atomic E-state index is 12.3. The van der Waals surface area contributed by atoms with Crippen LogP contribution in [0.4, 0.5) is 0 Å². The van der Waals surface area contributed by atoms with Crippen molar-refractivity contribution in [2.45, 2.75) is 39.5 Å². The molecule has 1 unspecified atom stereocenters. The van der Waals surface area contributed by atoms with E-state index in [-0.39, 0.29) is 13.2 Å². The Balaban J connectivity index is 3.15. The molecule has 114 valence electrons. The number of allylic oxidation sites excluding steroid dienone is 3. The van der Waals surface area contributed by atoms with Crippen molar-refractivity contribution >= 4 is 21.2 Å². The van der Waals surface area contributed by atoms with E-state index < -0.39 is 9.71 Å². The first kappa shape index (κ1) is 17.0. The van der Waals surface area contributed by atoms with E-state index in [9.17, 15) is 14.1 Å². The van der Waals surface area contributed by atoms with Crippen LogP contribution < -0.4 is 0 Å². The van der Waals surface area contributed by atoms with Crippen LogP contribution in [0.25, 0.3) is 0 Å². The van der Waals surface area contributed by atoms with Gasteiger partial charge >= 0.3 is 0 Å². The second kappa shape index (κ2) is 7.64. The quantitative estimate of drug-likeness (QED) is 0.403. The van der Waals surface area contributed by atoms with Gasteiger partial charge in [0, 0.05) is 5.70 Å². The summed E-state index contributed by atoms with van der Waals surface area (Å²) < 4.78 is 13.8. The fourth-order valence-electron chi connectivity index (χ4n) is 2.21. The highest BCUT2D eigenvalue weighted by Crippen LogP contribution is 2.41. The zero-order chi connectivity index (χ0) is 15.2. The number of carbonyl (C=O) groups is 1. The van der Waals surface area contributed by atoms with Gasteiger partial charge in [0.15, 0.2) is 0 Å². The van der Waals surface area contributed by atoms with E-state index in [0.717, 1.165) is 37.0 Å². The number of rotatable bonds is 9. The average Bonchev–Trinajstić information content (AvgIpc) is 3.26. The van der Waals surface area contributed by atoms with E-state index in [1.807, 2.05) is 13.0 Å². The lowest BCUT2D eigenvalue weighted by molar-refractivity contribution is 0.272. The molecular formula is C15H25NO3S. The van der Waals surface area contributed by atoms with Gasteiger partial charge in [-0.25, -0.2) is 4.21 Å². The number of carbonyl (C=O) groups excluding carboxylic acids is 1. The van der Waals surface area contributed by atoms with Crippen LogP contribution in [0.1, 0.15) is 39.5 Å². The summed E-state index contributed by atoms with van der Waals surface area (Å²) in [6, 6.07) is 0. The highest BCUT2D eigenvalue weighted by molar-refractivity contribution is 8.10. The van der Waals surface area contributed by atoms with Crippen LogP contribution >= 0.6 is 0 Å². The van der Waals surface area contributed by atoms with Crippen molar-refractivity contribution in [3.8, 4) is 0 Å². The highest BCUT2D eigenvalue weighted by atomic mass is 32.2. The van der Waals surface area contributed by atoms with Gasteiger partial charge in [0.1, 0.15) is 9.71 Å². The summed E-state index contributed by atoms with van der Waals surface area (Å²) in [6.45, 7) is 3.96. The fourth-order valence-corrected chi connectivity index (χ4v) is 3.25. The lowest BCUT2D eigenvalue weighted by Crippen LogP contribution is -2.34. The molecule has 1 aliphatic rings. The van der Waals surface area contributed by atoms with Gasteiger partial charge in [-0.1, -0.05) is 25.5 Å². The molecular weight excluding hydrogens is 274 g/mol. The average molecular weight is 299 g/mol. The number of hydrogen-bond acceptors (Lipinski definition) is 3. The summed E-state index contributed by atoms with van der Waals surface area (Å²) in [5.74, 6) is 4.01. The predicted molar refractivity (Wildman–Crippen MR) is 85.3 cm³/mol. The van der Waals surface area contributed by atoms with E-state index in [4.69, 9.17) is 0 Å². The summed E-state index contributed by atoms with van der Waals surface area (Å²) >= 11 is 0. The Bertz CT molecular complexity index is 487. The Morgan fingerprint density at radius 2 is 2.15 bits per heavy atom. The molecule has 1 saturated carbocycles. The molecule has 0 radical (unpaired) electrons. The summed E-state index contributed by atoms with van der Waals surface area (Å²) in [5.41, 5.74) is 2.30. The molecule has 1 N–H and O–H groups in total. The third-order valence-electron chi connectivity index (χ3n) is 3.33. The predicted octanol–water partition coefficient (Wildman–Crippen LogP) is 2.14. The first-order valence-corrected chi connectivity index (χ1v) is 8.84. The third-order valence-corrected chi connectivity index (χ3v) is 4.76. The van der Waals surface area contributed by atoms with Crippen LogP contribution in [0.3, 0.4) is 0 Å². The number of nitrogens with zero attached hydrogens (tertiary/aromatic N) is 1. The molecule has 4 nitrogen and oxygen atoms in total. The molecule has 0 amide bonds. The van der Waals surface area contributed by atoms with Crippen molar-refractivity contribution < 1.29 is 14.1 Å². The van der Waals surface area contributed by atoms with Crippen LogP contribution in [-0.4, -0.2) is 38.3 Å². The first-order valence-electron chi connectivity index (χ1n) is 7.09.